The van der Waals surface area contributed by atoms with Gasteiger partial charge in [0.2, 0.25) is 0 Å². The summed E-state index contributed by atoms with van der Waals surface area (Å²) in [6.07, 6.45) is -4.71. The van der Waals surface area contributed by atoms with E-state index in [0.29, 0.717) is 11.5 Å². The van der Waals surface area contributed by atoms with Gasteiger partial charge in [0.1, 0.15) is 17.2 Å². The molecule has 2 aromatic carbocycles. The van der Waals surface area contributed by atoms with Crippen LogP contribution < -0.4 is 19.5 Å². The first-order valence-corrected chi connectivity index (χ1v) is 8.93. The summed E-state index contributed by atoms with van der Waals surface area (Å²) < 4.78 is 52.2. The maximum atomic E-state index is 12.5. The summed E-state index contributed by atoms with van der Waals surface area (Å²) in [5.74, 6) is 1.10. The SMILES string of the molecule is COc1ccc([C@@H](c2ccc(OC(F)(F)F)cc2)N2CCNCC2)c(OC)c1.Cl.Cl. The van der Waals surface area contributed by atoms with Gasteiger partial charge < -0.3 is 19.5 Å². The molecule has 0 aromatic heterocycles. The topological polar surface area (TPSA) is 43.0 Å². The standard InChI is InChI=1S/C20H23F3N2O3.2ClH/c1-26-16-7-8-17(18(13-16)27-2)19(25-11-9-24-10-12-25)14-3-5-15(6-4-14)28-20(21,22)23;;/h3-8,13,19,24H,9-12H2,1-2H3;2*1H/t19-;;/m1../s1. The van der Waals surface area contributed by atoms with Crippen LogP contribution in [-0.2, 0) is 0 Å². The van der Waals surface area contributed by atoms with Gasteiger partial charge in [-0.2, -0.15) is 0 Å². The predicted octanol–water partition coefficient (Wildman–Crippen LogP) is 4.44. The highest BCUT2D eigenvalue weighted by Crippen LogP contribution is 2.37. The minimum absolute atomic E-state index is 0. The molecule has 1 aliphatic heterocycles. The highest BCUT2D eigenvalue weighted by atomic mass is 35.5. The van der Waals surface area contributed by atoms with Crippen molar-refractivity contribution in [2.45, 2.75) is 12.4 Å². The van der Waals surface area contributed by atoms with Gasteiger partial charge in [-0.1, -0.05) is 12.1 Å². The third kappa shape index (κ3) is 6.57. The van der Waals surface area contributed by atoms with E-state index in [-0.39, 0.29) is 36.6 Å². The van der Waals surface area contributed by atoms with Crippen molar-refractivity contribution in [1.29, 1.82) is 0 Å². The van der Waals surface area contributed by atoms with Crippen LogP contribution >= 0.6 is 24.8 Å². The molecule has 0 radical (unpaired) electrons. The third-order valence-corrected chi connectivity index (χ3v) is 4.68. The Morgan fingerprint density at radius 1 is 0.900 bits per heavy atom. The van der Waals surface area contributed by atoms with Gasteiger partial charge in [-0.3, -0.25) is 4.90 Å². The molecule has 10 heteroatoms. The lowest BCUT2D eigenvalue weighted by Crippen LogP contribution is -2.45. The van der Waals surface area contributed by atoms with E-state index in [0.717, 1.165) is 37.3 Å². The van der Waals surface area contributed by atoms with Gasteiger partial charge >= 0.3 is 6.36 Å². The van der Waals surface area contributed by atoms with Crippen molar-refractivity contribution in [2.24, 2.45) is 0 Å². The van der Waals surface area contributed by atoms with Gasteiger partial charge in [0, 0.05) is 37.8 Å². The number of benzene rings is 2. The Bertz CT molecular complexity index is 786. The lowest BCUT2D eigenvalue weighted by molar-refractivity contribution is -0.274. The molecule has 5 nitrogen and oxygen atoms in total. The van der Waals surface area contributed by atoms with Crippen LogP contribution in [0, 0.1) is 0 Å². The van der Waals surface area contributed by atoms with Gasteiger partial charge in [-0.05, 0) is 29.8 Å². The number of hydrogen-bond acceptors (Lipinski definition) is 5. The number of nitrogens with zero attached hydrogens (tertiary/aromatic N) is 1. The van der Waals surface area contributed by atoms with Crippen molar-refractivity contribution in [1.82, 2.24) is 10.2 Å². The molecular formula is C20H25Cl2F3N2O3. The summed E-state index contributed by atoms with van der Waals surface area (Å²) in [5, 5.41) is 3.32. The predicted molar refractivity (Wildman–Crippen MR) is 113 cm³/mol. The second kappa shape index (κ2) is 11.5. The molecule has 3 rings (SSSR count). The number of piperazine rings is 1. The minimum atomic E-state index is -4.71. The fraction of sp³-hybridized carbons (Fsp3) is 0.400. The minimum Gasteiger partial charge on any atom is -0.497 e. The average Bonchev–Trinajstić information content (AvgIpc) is 2.69. The summed E-state index contributed by atoms with van der Waals surface area (Å²) in [6, 6.07) is 11.4. The zero-order valence-corrected chi connectivity index (χ0v) is 18.2. The fourth-order valence-electron chi connectivity index (χ4n) is 3.42. The Morgan fingerprint density at radius 3 is 2.03 bits per heavy atom. The van der Waals surface area contributed by atoms with Crippen LogP contribution in [-0.4, -0.2) is 51.7 Å². The molecule has 1 aliphatic rings. The van der Waals surface area contributed by atoms with E-state index in [2.05, 4.69) is 15.0 Å². The van der Waals surface area contributed by atoms with Crippen LogP contribution in [0.3, 0.4) is 0 Å². The van der Waals surface area contributed by atoms with Gasteiger partial charge in [0.05, 0.1) is 20.3 Å². The molecule has 0 bridgehead atoms. The molecule has 0 unspecified atom stereocenters. The Kier molecular flexibility index (Phi) is 10.0. The first-order valence-electron chi connectivity index (χ1n) is 8.93. The molecule has 1 saturated heterocycles. The van der Waals surface area contributed by atoms with E-state index in [1.54, 1.807) is 26.4 Å². The van der Waals surface area contributed by atoms with E-state index >= 15 is 0 Å². The number of alkyl halides is 3. The van der Waals surface area contributed by atoms with Gasteiger partial charge in [-0.15, -0.1) is 38.0 Å². The van der Waals surface area contributed by atoms with Crippen LogP contribution in [0.25, 0.3) is 0 Å². The molecule has 0 spiro atoms. The monoisotopic (exact) mass is 468 g/mol. The highest BCUT2D eigenvalue weighted by Gasteiger charge is 2.31. The largest absolute Gasteiger partial charge is 0.573 e. The summed E-state index contributed by atoms with van der Waals surface area (Å²) in [6.45, 7) is 3.29. The highest BCUT2D eigenvalue weighted by molar-refractivity contribution is 5.85. The first-order chi connectivity index (χ1) is 13.4. The van der Waals surface area contributed by atoms with Crippen LogP contribution in [0.4, 0.5) is 13.2 Å². The lowest BCUT2D eigenvalue weighted by Gasteiger charge is -2.36. The molecule has 30 heavy (non-hydrogen) atoms. The Morgan fingerprint density at radius 2 is 1.50 bits per heavy atom. The summed E-state index contributed by atoms with van der Waals surface area (Å²) >= 11 is 0. The van der Waals surface area contributed by atoms with Crippen LogP contribution in [0.15, 0.2) is 42.5 Å². The summed E-state index contributed by atoms with van der Waals surface area (Å²) in [4.78, 5) is 2.28. The average molecular weight is 469 g/mol. The van der Waals surface area contributed by atoms with Crippen molar-refractivity contribution in [2.75, 3.05) is 40.4 Å². The maximum absolute atomic E-state index is 12.5. The molecule has 0 saturated carbocycles. The van der Waals surface area contributed by atoms with Crippen molar-refractivity contribution >= 4 is 24.8 Å². The maximum Gasteiger partial charge on any atom is 0.573 e. The molecule has 168 valence electrons. The molecular weight excluding hydrogens is 444 g/mol. The van der Waals surface area contributed by atoms with Gasteiger partial charge in [-0.25, -0.2) is 0 Å². The number of rotatable bonds is 6. The molecule has 1 heterocycles. The normalized spacial score (nSPS) is 15.4. The van der Waals surface area contributed by atoms with E-state index in [1.807, 2.05) is 18.2 Å². The summed E-state index contributed by atoms with van der Waals surface area (Å²) in [5.41, 5.74) is 1.79. The van der Waals surface area contributed by atoms with Crippen LogP contribution in [0.2, 0.25) is 0 Å². The molecule has 0 aliphatic carbocycles. The zero-order valence-electron chi connectivity index (χ0n) is 16.6. The van der Waals surface area contributed by atoms with E-state index in [4.69, 9.17) is 9.47 Å². The molecule has 2 aromatic rings. The third-order valence-electron chi connectivity index (χ3n) is 4.68. The lowest BCUT2D eigenvalue weighted by atomic mass is 9.95. The fourth-order valence-corrected chi connectivity index (χ4v) is 3.42. The van der Waals surface area contributed by atoms with Crippen molar-refractivity contribution in [3.63, 3.8) is 0 Å². The van der Waals surface area contributed by atoms with Crippen molar-refractivity contribution < 1.29 is 27.4 Å². The number of nitrogens with one attached hydrogen (secondary N) is 1. The van der Waals surface area contributed by atoms with Gasteiger partial charge in [0.15, 0.2) is 0 Å². The van der Waals surface area contributed by atoms with E-state index in [9.17, 15) is 13.2 Å². The number of halogens is 5. The Labute approximate surface area is 186 Å². The van der Waals surface area contributed by atoms with E-state index < -0.39 is 6.36 Å². The zero-order chi connectivity index (χ0) is 20.1. The molecule has 1 fully saturated rings. The second-order valence-electron chi connectivity index (χ2n) is 6.41. The number of ether oxygens (including phenoxy) is 3. The van der Waals surface area contributed by atoms with Gasteiger partial charge in [0.25, 0.3) is 0 Å². The van der Waals surface area contributed by atoms with Crippen LogP contribution in [0.1, 0.15) is 17.2 Å². The van der Waals surface area contributed by atoms with Crippen molar-refractivity contribution in [3.05, 3.63) is 53.6 Å². The second-order valence-corrected chi connectivity index (χ2v) is 6.41. The smallest absolute Gasteiger partial charge is 0.497 e. The quantitative estimate of drug-likeness (QED) is 0.678. The number of methoxy groups -OCH3 is 2. The Hall–Kier alpha value is -1.87. The molecule has 1 N–H and O–H groups in total. The Balaban J connectivity index is 0.00000225. The molecule has 0 amide bonds. The number of hydrogen-bond donors (Lipinski definition) is 1. The first kappa shape index (κ1) is 26.2. The summed E-state index contributed by atoms with van der Waals surface area (Å²) in [7, 11) is 3.18. The van der Waals surface area contributed by atoms with E-state index in [1.165, 1.54) is 12.1 Å². The van der Waals surface area contributed by atoms with Crippen LogP contribution in [0.5, 0.6) is 17.2 Å². The molecule has 1 atom stereocenters. The van der Waals surface area contributed by atoms with Crippen molar-refractivity contribution in [3.8, 4) is 17.2 Å².